The number of pyridine rings is 1. The van der Waals surface area contributed by atoms with Crippen molar-refractivity contribution < 1.29 is 4.39 Å². The molecule has 1 aromatic heterocycles. The molecule has 0 bridgehead atoms. The van der Waals surface area contributed by atoms with E-state index in [1.165, 1.54) is 25.1 Å². The fraction of sp³-hybridized carbons (Fsp3) is 0.450. The van der Waals surface area contributed by atoms with E-state index in [4.69, 9.17) is 0 Å². The Bertz CT molecular complexity index is 600. The van der Waals surface area contributed by atoms with Crippen LogP contribution in [-0.2, 0) is 12.8 Å². The van der Waals surface area contributed by atoms with Gasteiger partial charge in [0, 0.05) is 31.4 Å². The van der Waals surface area contributed by atoms with Crippen molar-refractivity contribution in [1.82, 2.24) is 9.88 Å². The average molecular weight is 312 g/mol. The SMILES string of the molecule is Fc1ccccc1CCC1CCCN(CCc2ccccn2)C1. The van der Waals surface area contributed by atoms with Crippen LogP contribution in [0, 0.1) is 11.7 Å². The number of hydrogen-bond acceptors (Lipinski definition) is 2. The quantitative estimate of drug-likeness (QED) is 0.798. The van der Waals surface area contributed by atoms with Crippen LogP contribution in [0.1, 0.15) is 30.5 Å². The first-order chi connectivity index (χ1) is 11.3. The molecule has 1 saturated heterocycles. The highest BCUT2D eigenvalue weighted by atomic mass is 19.1. The summed E-state index contributed by atoms with van der Waals surface area (Å²) in [7, 11) is 0. The molecule has 3 rings (SSSR count). The Hall–Kier alpha value is -1.74. The number of aryl methyl sites for hydroxylation is 1. The van der Waals surface area contributed by atoms with Crippen molar-refractivity contribution >= 4 is 0 Å². The van der Waals surface area contributed by atoms with Gasteiger partial charge >= 0.3 is 0 Å². The second kappa shape index (κ2) is 8.21. The van der Waals surface area contributed by atoms with Gasteiger partial charge in [-0.2, -0.15) is 0 Å². The predicted octanol–water partition coefficient (Wildman–Crippen LogP) is 4.11. The summed E-state index contributed by atoms with van der Waals surface area (Å²) in [6, 6.07) is 13.3. The van der Waals surface area contributed by atoms with Crippen LogP contribution in [0.3, 0.4) is 0 Å². The zero-order valence-corrected chi connectivity index (χ0v) is 13.6. The van der Waals surface area contributed by atoms with Crippen LogP contribution in [0.5, 0.6) is 0 Å². The van der Waals surface area contributed by atoms with Gasteiger partial charge in [-0.15, -0.1) is 0 Å². The molecule has 1 fully saturated rings. The van der Waals surface area contributed by atoms with Gasteiger partial charge in [-0.05, 0) is 61.9 Å². The predicted molar refractivity (Wildman–Crippen MR) is 91.8 cm³/mol. The molecule has 2 heterocycles. The summed E-state index contributed by atoms with van der Waals surface area (Å²) < 4.78 is 13.7. The highest BCUT2D eigenvalue weighted by Gasteiger charge is 2.19. The van der Waals surface area contributed by atoms with Gasteiger partial charge in [-0.1, -0.05) is 24.3 Å². The maximum atomic E-state index is 13.7. The van der Waals surface area contributed by atoms with E-state index in [9.17, 15) is 4.39 Å². The third kappa shape index (κ3) is 4.87. The number of halogens is 1. The van der Waals surface area contributed by atoms with Crippen molar-refractivity contribution in [3.05, 3.63) is 65.7 Å². The van der Waals surface area contributed by atoms with Crippen molar-refractivity contribution in [2.24, 2.45) is 5.92 Å². The minimum Gasteiger partial charge on any atom is -0.303 e. The lowest BCUT2D eigenvalue weighted by molar-refractivity contribution is 0.170. The number of rotatable bonds is 6. The average Bonchev–Trinajstić information content (AvgIpc) is 2.61. The molecular weight excluding hydrogens is 287 g/mol. The Morgan fingerprint density at radius 2 is 1.96 bits per heavy atom. The van der Waals surface area contributed by atoms with Crippen LogP contribution in [0.25, 0.3) is 0 Å². The normalized spacial score (nSPS) is 18.9. The van der Waals surface area contributed by atoms with Gasteiger partial charge in [-0.25, -0.2) is 4.39 Å². The fourth-order valence-electron chi connectivity index (χ4n) is 3.47. The number of nitrogens with zero attached hydrogens (tertiary/aromatic N) is 2. The van der Waals surface area contributed by atoms with E-state index in [-0.39, 0.29) is 5.82 Å². The molecular formula is C20H25FN2. The van der Waals surface area contributed by atoms with E-state index in [1.807, 2.05) is 24.4 Å². The minimum atomic E-state index is -0.0599. The number of benzene rings is 1. The van der Waals surface area contributed by atoms with Gasteiger partial charge in [-0.3, -0.25) is 4.98 Å². The third-order valence-corrected chi connectivity index (χ3v) is 4.79. The van der Waals surface area contributed by atoms with Gasteiger partial charge in [0.1, 0.15) is 5.82 Å². The summed E-state index contributed by atoms with van der Waals surface area (Å²) in [5.41, 5.74) is 2.03. The first-order valence-electron chi connectivity index (χ1n) is 8.67. The van der Waals surface area contributed by atoms with Crippen LogP contribution in [0.15, 0.2) is 48.7 Å². The maximum absolute atomic E-state index is 13.7. The zero-order valence-electron chi connectivity index (χ0n) is 13.6. The van der Waals surface area contributed by atoms with Gasteiger partial charge < -0.3 is 4.90 Å². The molecule has 23 heavy (non-hydrogen) atoms. The number of likely N-dealkylation sites (tertiary alicyclic amines) is 1. The van der Waals surface area contributed by atoms with E-state index in [0.717, 1.165) is 37.9 Å². The lowest BCUT2D eigenvalue weighted by Gasteiger charge is -2.32. The van der Waals surface area contributed by atoms with Gasteiger partial charge in [0.2, 0.25) is 0 Å². The molecule has 0 radical (unpaired) electrons. The topological polar surface area (TPSA) is 16.1 Å². The van der Waals surface area contributed by atoms with Crippen molar-refractivity contribution in [2.75, 3.05) is 19.6 Å². The Morgan fingerprint density at radius 3 is 2.78 bits per heavy atom. The van der Waals surface area contributed by atoms with Gasteiger partial charge in [0.05, 0.1) is 0 Å². The Balaban J connectivity index is 1.45. The summed E-state index contributed by atoms with van der Waals surface area (Å²) in [5.74, 6) is 0.627. The van der Waals surface area contributed by atoms with Gasteiger partial charge in [0.25, 0.3) is 0 Å². The standard InChI is InChI=1S/C20H25FN2/c21-20-9-2-1-7-18(20)11-10-17-6-5-14-23(16-17)15-12-19-8-3-4-13-22-19/h1-4,7-9,13,17H,5-6,10-12,14-16H2. The highest BCUT2D eigenvalue weighted by molar-refractivity contribution is 5.17. The smallest absolute Gasteiger partial charge is 0.126 e. The third-order valence-electron chi connectivity index (χ3n) is 4.79. The molecule has 0 amide bonds. The molecule has 1 unspecified atom stereocenters. The molecule has 1 aliphatic rings. The van der Waals surface area contributed by atoms with E-state index in [2.05, 4.69) is 22.0 Å². The molecule has 1 atom stereocenters. The first-order valence-corrected chi connectivity index (χ1v) is 8.67. The van der Waals surface area contributed by atoms with E-state index < -0.39 is 0 Å². The maximum Gasteiger partial charge on any atom is 0.126 e. The van der Waals surface area contributed by atoms with Crippen LogP contribution in [-0.4, -0.2) is 29.5 Å². The van der Waals surface area contributed by atoms with Crippen molar-refractivity contribution in [2.45, 2.75) is 32.1 Å². The van der Waals surface area contributed by atoms with E-state index >= 15 is 0 Å². The number of aromatic nitrogens is 1. The molecule has 1 aliphatic heterocycles. The Morgan fingerprint density at radius 1 is 1.09 bits per heavy atom. The fourth-order valence-corrected chi connectivity index (χ4v) is 3.47. The van der Waals surface area contributed by atoms with E-state index in [0.29, 0.717) is 5.92 Å². The summed E-state index contributed by atoms with van der Waals surface area (Å²) in [4.78, 5) is 6.95. The number of hydrogen-bond donors (Lipinski definition) is 0. The largest absolute Gasteiger partial charge is 0.303 e. The monoisotopic (exact) mass is 312 g/mol. The molecule has 122 valence electrons. The Labute approximate surface area is 138 Å². The summed E-state index contributed by atoms with van der Waals surface area (Å²) in [6.45, 7) is 3.40. The highest BCUT2D eigenvalue weighted by Crippen LogP contribution is 2.22. The second-order valence-corrected chi connectivity index (χ2v) is 6.51. The molecule has 0 aliphatic carbocycles. The molecule has 1 aromatic carbocycles. The molecule has 3 heteroatoms. The molecule has 0 N–H and O–H groups in total. The molecule has 2 nitrogen and oxygen atoms in total. The summed E-state index contributed by atoms with van der Waals surface area (Å²) >= 11 is 0. The van der Waals surface area contributed by atoms with Crippen LogP contribution in [0.4, 0.5) is 4.39 Å². The molecule has 2 aromatic rings. The zero-order chi connectivity index (χ0) is 15.9. The van der Waals surface area contributed by atoms with E-state index in [1.54, 1.807) is 12.1 Å². The van der Waals surface area contributed by atoms with Crippen molar-refractivity contribution in [3.63, 3.8) is 0 Å². The minimum absolute atomic E-state index is 0.0599. The molecule has 0 spiro atoms. The number of piperidine rings is 1. The summed E-state index contributed by atoms with van der Waals surface area (Å²) in [6.07, 6.45) is 7.34. The lowest BCUT2D eigenvalue weighted by atomic mass is 9.91. The Kier molecular flexibility index (Phi) is 5.76. The second-order valence-electron chi connectivity index (χ2n) is 6.51. The van der Waals surface area contributed by atoms with Crippen molar-refractivity contribution in [1.29, 1.82) is 0 Å². The lowest BCUT2D eigenvalue weighted by Crippen LogP contribution is -2.37. The van der Waals surface area contributed by atoms with Crippen LogP contribution in [0.2, 0.25) is 0 Å². The van der Waals surface area contributed by atoms with Crippen LogP contribution < -0.4 is 0 Å². The first kappa shape index (κ1) is 16.1. The molecule has 0 saturated carbocycles. The summed E-state index contributed by atoms with van der Waals surface area (Å²) in [5, 5.41) is 0. The van der Waals surface area contributed by atoms with Crippen LogP contribution >= 0.6 is 0 Å². The van der Waals surface area contributed by atoms with Crippen molar-refractivity contribution in [3.8, 4) is 0 Å². The van der Waals surface area contributed by atoms with Gasteiger partial charge in [0.15, 0.2) is 0 Å².